The number of benzene rings is 1. The summed E-state index contributed by atoms with van der Waals surface area (Å²) in [4.78, 5) is 15.4. The molecule has 0 fully saturated rings. The molecule has 2 rings (SSSR count). The number of amides is 1. The number of rotatable bonds is 5. The van der Waals surface area contributed by atoms with Gasteiger partial charge in [-0.3, -0.25) is 4.79 Å². The van der Waals surface area contributed by atoms with E-state index in [-0.39, 0.29) is 11.7 Å². The lowest BCUT2D eigenvalue weighted by Gasteiger charge is -2.02. The molecule has 19 heavy (non-hydrogen) atoms. The predicted octanol–water partition coefficient (Wildman–Crippen LogP) is 1.85. The molecule has 0 saturated heterocycles. The molecule has 4 nitrogen and oxygen atoms in total. The maximum absolute atomic E-state index is 13.3. The van der Waals surface area contributed by atoms with Crippen LogP contribution in [0.3, 0.4) is 0 Å². The third-order valence-corrected chi connectivity index (χ3v) is 2.55. The van der Waals surface area contributed by atoms with Gasteiger partial charge in [-0.2, -0.15) is 0 Å². The minimum atomic E-state index is -0.343. The Morgan fingerprint density at radius 2 is 2.26 bits per heavy atom. The lowest BCUT2D eigenvalue weighted by Crippen LogP contribution is -2.25. The van der Waals surface area contributed by atoms with Gasteiger partial charge in [0.2, 0.25) is 5.91 Å². The van der Waals surface area contributed by atoms with Gasteiger partial charge in [0.1, 0.15) is 5.82 Å². The van der Waals surface area contributed by atoms with Gasteiger partial charge in [0.05, 0.1) is 6.33 Å². The normalized spacial score (nSPS) is 10.8. The van der Waals surface area contributed by atoms with Crippen LogP contribution in [-0.4, -0.2) is 22.0 Å². The molecule has 98 valence electrons. The van der Waals surface area contributed by atoms with Crippen LogP contribution in [0, 0.1) is 5.82 Å². The zero-order valence-corrected chi connectivity index (χ0v) is 10.3. The minimum Gasteiger partial charge on any atom is -0.351 e. The van der Waals surface area contributed by atoms with Crippen molar-refractivity contribution < 1.29 is 9.18 Å². The zero-order valence-electron chi connectivity index (χ0n) is 10.3. The van der Waals surface area contributed by atoms with Gasteiger partial charge in [-0.25, -0.2) is 9.37 Å². The average molecular weight is 259 g/mol. The summed E-state index contributed by atoms with van der Waals surface area (Å²) < 4.78 is 15.1. The minimum absolute atomic E-state index is 0.247. The summed E-state index contributed by atoms with van der Waals surface area (Å²) in [5, 5.41) is 2.71. The van der Waals surface area contributed by atoms with E-state index in [1.807, 2.05) is 10.8 Å². The van der Waals surface area contributed by atoms with E-state index in [0.29, 0.717) is 18.7 Å². The Labute approximate surface area is 110 Å². The van der Waals surface area contributed by atoms with E-state index in [2.05, 4.69) is 10.3 Å². The van der Waals surface area contributed by atoms with Gasteiger partial charge >= 0.3 is 0 Å². The molecular weight excluding hydrogens is 245 g/mol. The molecule has 0 bridgehead atoms. The lowest BCUT2D eigenvalue weighted by molar-refractivity contribution is -0.116. The molecule has 0 aliphatic rings. The van der Waals surface area contributed by atoms with Crippen LogP contribution in [0.4, 0.5) is 4.39 Å². The van der Waals surface area contributed by atoms with Crippen LogP contribution in [0.2, 0.25) is 0 Å². The number of hydrogen-bond acceptors (Lipinski definition) is 2. The largest absolute Gasteiger partial charge is 0.351 e. The second kappa shape index (κ2) is 6.49. The molecule has 0 radical (unpaired) electrons. The van der Waals surface area contributed by atoms with Crippen LogP contribution < -0.4 is 5.32 Å². The first-order valence-corrected chi connectivity index (χ1v) is 5.92. The summed E-state index contributed by atoms with van der Waals surface area (Å²) in [6.07, 6.45) is 7.97. The van der Waals surface area contributed by atoms with E-state index in [1.165, 1.54) is 18.2 Å². The highest BCUT2D eigenvalue weighted by Crippen LogP contribution is 2.07. The van der Waals surface area contributed by atoms with E-state index >= 15 is 0 Å². The first-order chi connectivity index (χ1) is 9.25. The molecule has 5 heteroatoms. The highest BCUT2D eigenvalue weighted by molar-refractivity contribution is 5.91. The molecule has 0 aliphatic carbocycles. The molecule has 0 aliphatic heterocycles. The SMILES string of the molecule is O=C(C=Cc1ccccc1F)NCCn1ccnc1. The number of carbonyl (C=O) groups is 1. The average Bonchev–Trinajstić information content (AvgIpc) is 2.91. The first-order valence-electron chi connectivity index (χ1n) is 5.92. The maximum atomic E-state index is 13.3. The third kappa shape index (κ3) is 4.06. The van der Waals surface area contributed by atoms with Crippen LogP contribution >= 0.6 is 0 Å². The van der Waals surface area contributed by atoms with Crippen molar-refractivity contribution in [2.75, 3.05) is 6.54 Å². The van der Waals surface area contributed by atoms with Gasteiger partial charge in [0, 0.05) is 37.1 Å². The number of aromatic nitrogens is 2. The Morgan fingerprint density at radius 3 is 3.00 bits per heavy atom. The number of nitrogens with zero attached hydrogens (tertiary/aromatic N) is 2. The number of carbonyl (C=O) groups excluding carboxylic acids is 1. The van der Waals surface area contributed by atoms with Crippen molar-refractivity contribution in [3.8, 4) is 0 Å². The summed E-state index contributed by atoms with van der Waals surface area (Å²) in [5.74, 6) is -0.590. The number of imidazole rings is 1. The summed E-state index contributed by atoms with van der Waals surface area (Å²) in [6, 6.07) is 6.30. The Kier molecular flexibility index (Phi) is 4.44. The molecule has 0 saturated carbocycles. The summed E-state index contributed by atoms with van der Waals surface area (Å²) in [7, 11) is 0. The van der Waals surface area contributed by atoms with Gasteiger partial charge in [-0.1, -0.05) is 18.2 Å². The molecular formula is C14H14FN3O. The van der Waals surface area contributed by atoms with Gasteiger partial charge in [-0.15, -0.1) is 0 Å². The molecule has 1 aromatic carbocycles. The fourth-order valence-electron chi connectivity index (χ4n) is 1.56. The summed E-state index contributed by atoms with van der Waals surface area (Å²) >= 11 is 0. The van der Waals surface area contributed by atoms with Crippen molar-refractivity contribution >= 4 is 12.0 Å². The van der Waals surface area contributed by atoms with Gasteiger partial charge in [0.15, 0.2) is 0 Å². The number of hydrogen-bond donors (Lipinski definition) is 1. The molecule has 1 aromatic heterocycles. The van der Waals surface area contributed by atoms with Gasteiger partial charge < -0.3 is 9.88 Å². The molecule has 0 unspecified atom stereocenters. The van der Waals surface area contributed by atoms with Crippen LogP contribution in [-0.2, 0) is 11.3 Å². The standard InChI is InChI=1S/C14H14FN3O/c15-13-4-2-1-3-12(13)5-6-14(19)17-8-10-18-9-7-16-11-18/h1-7,9,11H,8,10H2,(H,17,19). The fraction of sp³-hybridized carbons (Fsp3) is 0.143. The fourth-order valence-corrected chi connectivity index (χ4v) is 1.56. The third-order valence-electron chi connectivity index (χ3n) is 2.55. The monoisotopic (exact) mass is 259 g/mol. The molecule has 0 spiro atoms. The van der Waals surface area contributed by atoms with Crippen molar-refractivity contribution in [3.05, 3.63) is 60.4 Å². The van der Waals surface area contributed by atoms with Crippen molar-refractivity contribution in [3.63, 3.8) is 0 Å². The second-order valence-electron chi connectivity index (χ2n) is 3.95. The van der Waals surface area contributed by atoms with E-state index in [9.17, 15) is 9.18 Å². The van der Waals surface area contributed by atoms with Crippen LogP contribution in [0.15, 0.2) is 49.1 Å². The van der Waals surface area contributed by atoms with E-state index in [1.54, 1.807) is 30.7 Å². The highest BCUT2D eigenvalue weighted by atomic mass is 19.1. The first kappa shape index (κ1) is 13.0. The number of halogens is 1. The van der Waals surface area contributed by atoms with E-state index in [0.717, 1.165) is 0 Å². The quantitative estimate of drug-likeness (QED) is 0.833. The summed E-state index contributed by atoms with van der Waals surface area (Å²) in [5.41, 5.74) is 0.396. The Bertz CT molecular complexity index is 564. The maximum Gasteiger partial charge on any atom is 0.244 e. The van der Waals surface area contributed by atoms with Crippen LogP contribution in [0.5, 0.6) is 0 Å². The molecule has 1 amide bonds. The summed E-state index contributed by atoms with van der Waals surface area (Å²) in [6.45, 7) is 1.15. The zero-order chi connectivity index (χ0) is 13.5. The number of nitrogens with one attached hydrogen (secondary N) is 1. The highest BCUT2D eigenvalue weighted by Gasteiger charge is 1.98. The van der Waals surface area contributed by atoms with E-state index < -0.39 is 0 Å². The van der Waals surface area contributed by atoms with Crippen molar-refractivity contribution in [1.29, 1.82) is 0 Å². The molecule has 1 heterocycles. The molecule has 1 N–H and O–H groups in total. The van der Waals surface area contributed by atoms with Gasteiger partial charge in [-0.05, 0) is 12.1 Å². The molecule has 2 aromatic rings. The topological polar surface area (TPSA) is 46.9 Å². The Hall–Kier alpha value is -2.43. The predicted molar refractivity (Wildman–Crippen MR) is 70.7 cm³/mol. The van der Waals surface area contributed by atoms with Crippen LogP contribution in [0.25, 0.3) is 6.08 Å². The van der Waals surface area contributed by atoms with Gasteiger partial charge in [0.25, 0.3) is 0 Å². The smallest absolute Gasteiger partial charge is 0.244 e. The molecule has 0 atom stereocenters. The van der Waals surface area contributed by atoms with Crippen molar-refractivity contribution in [1.82, 2.24) is 14.9 Å². The Balaban J connectivity index is 1.79. The Morgan fingerprint density at radius 1 is 1.42 bits per heavy atom. The second-order valence-corrected chi connectivity index (χ2v) is 3.95. The van der Waals surface area contributed by atoms with Crippen molar-refractivity contribution in [2.45, 2.75) is 6.54 Å². The van der Waals surface area contributed by atoms with Crippen LogP contribution in [0.1, 0.15) is 5.56 Å². The van der Waals surface area contributed by atoms with Crippen molar-refractivity contribution in [2.24, 2.45) is 0 Å². The lowest BCUT2D eigenvalue weighted by atomic mass is 10.2. The van der Waals surface area contributed by atoms with E-state index in [4.69, 9.17) is 0 Å².